The molecular weight excluding hydrogens is 306 g/mol. The summed E-state index contributed by atoms with van der Waals surface area (Å²) in [6, 6.07) is 7.60. The molecule has 0 spiro atoms. The van der Waals surface area contributed by atoms with Gasteiger partial charge in [-0.15, -0.1) is 6.58 Å². The Morgan fingerprint density at radius 2 is 1.96 bits per heavy atom. The summed E-state index contributed by atoms with van der Waals surface area (Å²) >= 11 is 0. The lowest BCUT2D eigenvalue weighted by Crippen LogP contribution is -2.38. The van der Waals surface area contributed by atoms with Crippen LogP contribution in [0.2, 0.25) is 0 Å². The topological polar surface area (TPSA) is 66.8 Å². The maximum absolute atomic E-state index is 12.8. The highest BCUT2D eigenvalue weighted by molar-refractivity contribution is 5.80. The second kappa shape index (κ2) is 8.52. The Balaban J connectivity index is 2.06. The van der Waals surface area contributed by atoms with Crippen molar-refractivity contribution in [1.29, 1.82) is 0 Å². The van der Waals surface area contributed by atoms with Crippen LogP contribution in [0.3, 0.4) is 0 Å². The Bertz CT molecular complexity index is 582. The van der Waals surface area contributed by atoms with Gasteiger partial charge >= 0.3 is 5.97 Å². The molecule has 24 heavy (non-hydrogen) atoms. The molecule has 1 fully saturated rings. The molecule has 0 radical (unpaired) electrons. The zero-order valence-corrected chi connectivity index (χ0v) is 14.1. The second-order valence-corrected chi connectivity index (χ2v) is 6.25. The Hall–Kier alpha value is -2.30. The number of nitrogens with zero attached hydrogens (tertiary/aromatic N) is 1. The van der Waals surface area contributed by atoms with Crippen molar-refractivity contribution in [3.05, 3.63) is 42.5 Å². The van der Waals surface area contributed by atoms with E-state index in [2.05, 4.69) is 6.58 Å². The fourth-order valence-corrected chi connectivity index (χ4v) is 3.24. The van der Waals surface area contributed by atoms with E-state index in [1.807, 2.05) is 24.3 Å². The minimum atomic E-state index is -0.794. The average molecular weight is 331 g/mol. The molecule has 1 aliphatic rings. The van der Waals surface area contributed by atoms with E-state index in [4.69, 9.17) is 4.74 Å². The van der Waals surface area contributed by atoms with Crippen LogP contribution in [0, 0.1) is 11.8 Å². The first-order valence-corrected chi connectivity index (χ1v) is 8.30. The third kappa shape index (κ3) is 4.60. The van der Waals surface area contributed by atoms with E-state index in [0.29, 0.717) is 25.9 Å². The lowest BCUT2D eigenvalue weighted by Gasteiger charge is -2.31. The number of rotatable bonds is 7. The highest BCUT2D eigenvalue weighted by Gasteiger charge is 2.33. The van der Waals surface area contributed by atoms with E-state index < -0.39 is 11.9 Å². The van der Waals surface area contributed by atoms with Gasteiger partial charge in [0, 0.05) is 19.0 Å². The Kier molecular flexibility index (Phi) is 6.41. The number of methoxy groups -OCH3 is 1. The largest absolute Gasteiger partial charge is 0.497 e. The number of carbonyl (C=O) groups excluding carboxylic acids is 1. The van der Waals surface area contributed by atoms with Crippen molar-refractivity contribution in [3.8, 4) is 5.75 Å². The number of hydrogen-bond donors (Lipinski definition) is 1. The van der Waals surface area contributed by atoms with Gasteiger partial charge in [-0.05, 0) is 37.0 Å². The van der Waals surface area contributed by atoms with Crippen LogP contribution in [0.15, 0.2) is 36.9 Å². The molecule has 5 nitrogen and oxygen atoms in total. The molecule has 5 heteroatoms. The summed E-state index contributed by atoms with van der Waals surface area (Å²) in [5.74, 6) is -0.608. The van der Waals surface area contributed by atoms with Crippen LogP contribution in [-0.2, 0) is 16.1 Å². The standard InChI is InChI=1S/C19H25NO4/c1-3-11-20(13-14-7-9-17(24-2)10-8-14)18(21)15-5-4-6-16(12-15)19(22)23/h3,7-10,15-16H,1,4-6,11-13H2,2H3,(H,22,23). The fourth-order valence-electron chi connectivity index (χ4n) is 3.24. The highest BCUT2D eigenvalue weighted by Crippen LogP contribution is 2.31. The SMILES string of the molecule is C=CCN(Cc1ccc(OC)cc1)C(=O)C1CCCC(C(=O)O)C1. The van der Waals surface area contributed by atoms with Crippen LogP contribution in [-0.4, -0.2) is 35.5 Å². The molecule has 0 heterocycles. The normalized spacial score (nSPS) is 20.2. The summed E-state index contributed by atoms with van der Waals surface area (Å²) in [5.41, 5.74) is 1.01. The number of aliphatic carboxylic acids is 1. The summed E-state index contributed by atoms with van der Waals surface area (Å²) in [6.07, 6.45) is 4.36. The van der Waals surface area contributed by atoms with Gasteiger partial charge in [-0.25, -0.2) is 0 Å². The highest BCUT2D eigenvalue weighted by atomic mass is 16.5. The molecule has 1 amide bonds. The molecule has 1 saturated carbocycles. The van der Waals surface area contributed by atoms with Crippen LogP contribution >= 0.6 is 0 Å². The van der Waals surface area contributed by atoms with Gasteiger partial charge in [-0.3, -0.25) is 9.59 Å². The zero-order chi connectivity index (χ0) is 17.5. The third-order valence-electron chi connectivity index (χ3n) is 4.57. The first-order valence-electron chi connectivity index (χ1n) is 8.30. The molecule has 0 aliphatic heterocycles. The number of carboxylic acid groups (broad SMARTS) is 1. The average Bonchev–Trinajstić information content (AvgIpc) is 2.61. The van der Waals surface area contributed by atoms with E-state index in [-0.39, 0.29) is 11.8 Å². The summed E-state index contributed by atoms with van der Waals surface area (Å²) in [5, 5.41) is 9.21. The monoisotopic (exact) mass is 331 g/mol. The van der Waals surface area contributed by atoms with Gasteiger partial charge < -0.3 is 14.7 Å². The molecular formula is C19H25NO4. The van der Waals surface area contributed by atoms with Crippen LogP contribution in [0.1, 0.15) is 31.2 Å². The van der Waals surface area contributed by atoms with Crippen molar-refractivity contribution in [2.24, 2.45) is 11.8 Å². The fraction of sp³-hybridized carbons (Fsp3) is 0.474. The maximum Gasteiger partial charge on any atom is 0.306 e. The molecule has 0 aromatic heterocycles. The third-order valence-corrected chi connectivity index (χ3v) is 4.57. The molecule has 1 N–H and O–H groups in total. The molecule has 1 aromatic carbocycles. The quantitative estimate of drug-likeness (QED) is 0.780. The van der Waals surface area contributed by atoms with Crippen LogP contribution in [0.25, 0.3) is 0 Å². The molecule has 130 valence electrons. The maximum atomic E-state index is 12.8. The van der Waals surface area contributed by atoms with Gasteiger partial charge in [0.05, 0.1) is 13.0 Å². The van der Waals surface area contributed by atoms with E-state index in [1.54, 1.807) is 18.1 Å². The number of carbonyl (C=O) groups is 2. The van der Waals surface area contributed by atoms with E-state index in [9.17, 15) is 14.7 Å². The predicted octanol–water partition coefficient (Wildman–Crippen LogP) is 3.10. The van der Waals surface area contributed by atoms with E-state index >= 15 is 0 Å². The summed E-state index contributed by atoms with van der Waals surface area (Å²) in [6.45, 7) is 4.68. The first kappa shape index (κ1) is 18.0. The van der Waals surface area contributed by atoms with Crippen molar-refractivity contribution in [2.45, 2.75) is 32.2 Å². The van der Waals surface area contributed by atoms with Crippen molar-refractivity contribution in [3.63, 3.8) is 0 Å². The zero-order valence-electron chi connectivity index (χ0n) is 14.1. The van der Waals surface area contributed by atoms with Crippen LogP contribution < -0.4 is 4.74 Å². The molecule has 1 aliphatic carbocycles. The molecule has 2 rings (SSSR count). The minimum absolute atomic E-state index is 0.0247. The van der Waals surface area contributed by atoms with Gasteiger partial charge in [0.2, 0.25) is 5.91 Å². The number of amides is 1. The summed E-state index contributed by atoms with van der Waals surface area (Å²) in [4.78, 5) is 25.8. The van der Waals surface area contributed by atoms with E-state index in [0.717, 1.165) is 24.2 Å². The number of carboxylic acids is 1. The smallest absolute Gasteiger partial charge is 0.306 e. The minimum Gasteiger partial charge on any atom is -0.497 e. The number of hydrogen-bond acceptors (Lipinski definition) is 3. The summed E-state index contributed by atoms with van der Waals surface area (Å²) < 4.78 is 5.15. The van der Waals surface area contributed by atoms with Crippen molar-refractivity contribution >= 4 is 11.9 Å². The molecule has 2 atom stereocenters. The summed E-state index contributed by atoms with van der Waals surface area (Å²) in [7, 11) is 1.62. The van der Waals surface area contributed by atoms with Gasteiger partial charge in [-0.2, -0.15) is 0 Å². The van der Waals surface area contributed by atoms with Crippen LogP contribution in [0.5, 0.6) is 5.75 Å². The van der Waals surface area contributed by atoms with Crippen molar-refractivity contribution in [2.75, 3.05) is 13.7 Å². The lowest BCUT2D eigenvalue weighted by atomic mass is 9.80. The predicted molar refractivity (Wildman–Crippen MR) is 91.7 cm³/mol. The van der Waals surface area contributed by atoms with Crippen LogP contribution in [0.4, 0.5) is 0 Å². The van der Waals surface area contributed by atoms with Crippen molar-refractivity contribution < 1.29 is 19.4 Å². The second-order valence-electron chi connectivity index (χ2n) is 6.25. The Morgan fingerprint density at radius 1 is 1.29 bits per heavy atom. The molecule has 0 saturated heterocycles. The van der Waals surface area contributed by atoms with Gasteiger partial charge in [0.25, 0.3) is 0 Å². The van der Waals surface area contributed by atoms with Gasteiger partial charge in [0.15, 0.2) is 0 Å². The van der Waals surface area contributed by atoms with Gasteiger partial charge in [0.1, 0.15) is 5.75 Å². The Morgan fingerprint density at radius 3 is 2.54 bits per heavy atom. The van der Waals surface area contributed by atoms with E-state index in [1.165, 1.54) is 0 Å². The number of ether oxygens (including phenoxy) is 1. The number of benzene rings is 1. The first-order chi connectivity index (χ1) is 11.5. The van der Waals surface area contributed by atoms with Crippen molar-refractivity contribution in [1.82, 2.24) is 4.90 Å². The van der Waals surface area contributed by atoms with Gasteiger partial charge in [-0.1, -0.05) is 24.6 Å². The lowest BCUT2D eigenvalue weighted by molar-refractivity contribution is -0.145. The molecule has 0 bridgehead atoms. The molecule has 2 unspecified atom stereocenters. The molecule has 1 aromatic rings. The Labute approximate surface area is 142 Å².